The van der Waals surface area contributed by atoms with E-state index in [1.165, 1.54) is 13.3 Å². The van der Waals surface area contributed by atoms with Crippen LogP contribution in [0.1, 0.15) is 11.1 Å². The minimum atomic E-state index is -0.209. The summed E-state index contributed by atoms with van der Waals surface area (Å²) in [6.45, 7) is 0. The number of nitrogens with one attached hydrogen (secondary N) is 1. The van der Waals surface area contributed by atoms with Crippen LogP contribution in [0.4, 0.5) is 0 Å². The van der Waals surface area contributed by atoms with E-state index in [4.69, 9.17) is 21.1 Å². The van der Waals surface area contributed by atoms with Gasteiger partial charge in [-0.25, -0.2) is 5.43 Å². The van der Waals surface area contributed by atoms with E-state index >= 15 is 0 Å². The summed E-state index contributed by atoms with van der Waals surface area (Å²) in [5.41, 5.74) is 4.10. The van der Waals surface area contributed by atoms with Crippen LogP contribution in [0.5, 0.6) is 11.5 Å². The molecule has 0 aliphatic rings. The Kier molecular flexibility index (Phi) is 5.94. The largest absolute Gasteiger partial charge is 0.493 e. The Morgan fingerprint density at radius 2 is 1.78 bits per heavy atom. The zero-order valence-corrected chi connectivity index (χ0v) is 15.8. The van der Waals surface area contributed by atoms with Crippen molar-refractivity contribution in [2.24, 2.45) is 5.10 Å². The number of hydrogen-bond donors (Lipinski definition) is 1. The summed E-state index contributed by atoms with van der Waals surface area (Å²) in [6, 6.07) is 17.2. The van der Waals surface area contributed by atoms with Gasteiger partial charge < -0.3 is 9.47 Å². The molecular formula is C21H19ClN2O3. The summed E-state index contributed by atoms with van der Waals surface area (Å²) in [5, 5.41) is 6.61. The third kappa shape index (κ3) is 4.38. The molecule has 3 rings (SSSR count). The summed E-state index contributed by atoms with van der Waals surface area (Å²) in [6.07, 6.45) is 1.71. The Morgan fingerprint density at radius 3 is 2.56 bits per heavy atom. The highest BCUT2D eigenvalue weighted by Crippen LogP contribution is 2.32. The Morgan fingerprint density at radius 1 is 1.07 bits per heavy atom. The molecule has 138 valence electrons. The summed E-state index contributed by atoms with van der Waals surface area (Å²) < 4.78 is 10.4. The third-order valence-electron chi connectivity index (χ3n) is 4.13. The van der Waals surface area contributed by atoms with Gasteiger partial charge in [0.15, 0.2) is 11.5 Å². The van der Waals surface area contributed by atoms with Gasteiger partial charge in [0.2, 0.25) is 5.91 Å². The molecule has 3 aromatic rings. The van der Waals surface area contributed by atoms with Crippen molar-refractivity contribution in [2.75, 3.05) is 14.2 Å². The molecular weight excluding hydrogens is 364 g/mol. The van der Waals surface area contributed by atoms with Gasteiger partial charge in [-0.1, -0.05) is 54.1 Å². The first-order valence-electron chi connectivity index (χ1n) is 8.32. The quantitative estimate of drug-likeness (QED) is 0.513. The highest BCUT2D eigenvalue weighted by molar-refractivity contribution is 6.33. The van der Waals surface area contributed by atoms with Crippen molar-refractivity contribution in [2.45, 2.75) is 6.42 Å². The number of carbonyl (C=O) groups excluding carboxylic acids is 1. The average Bonchev–Trinajstić information content (AvgIpc) is 2.69. The number of rotatable bonds is 6. The predicted octanol–water partition coefficient (Wildman–Crippen LogP) is 4.20. The van der Waals surface area contributed by atoms with E-state index in [0.717, 1.165) is 16.3 Å². The van der Waals surface area contributed by atoms with Crippen LogP contribution in [-0.4, -0.2) is 26.3 Å². The zero-order valence-electron chi connectivity index (χ0n) is 15.0. The molecule has 0 saturated heterocycles. The van der Waals surface area contributed by atoms with Crippen LogP contribution in [0.2, 0.25) is 5.02 Å². The van der Waals surface area contributed by atoms with Crippen LogP contribution in [-0.2, 0) is 11.2 Å². The minimum absolute atomic E-state index is 0.209. The second-order valence-corrected chi connectivity index (χ2v) is 6.24. The molecule has 27 heavy (non-hydrogen) atoms. The predicted molar refractivity (Wildman–Crippen MR) is 108 cm³/mol. The maximum atomic E-state index is 12.3. The fourth-order valence-electron chi connectivity index (χ4n) is 2.80. The van der Waals surface area contributed by atoms with Gasteiger partial charge in [0.1, 0.15) is 0 Å². The standard InChI is InChI=1S/C21H19ClN2O3/c1-26-19-10-16(18(22)12-20(19)27-2)13-23-24-21(25)11-15-8-5-7-14-6-3-4-9-17(14)15/h3-10,12-13H,11H2,1-2H3,(H,24,25)/b23-13-. The number of ether oxygens (including phenoxy) is 2. The number of halogens is 1. The molecule has 0 aliphatic carbocycles. The molecule has 1 amide bonds. The van der Waals surface area contributed by atoms with Crippen LogP contribution in [0.15, 0.2) is 59.7 Å². The van der Waals surface area contributed by atoms with E-state index < -0.39 is 0 Å². The number of amides is 1. The zero-order chi connectivity index (χ0) is 19.2. The van der Waals surface area contributed by atoms with Crippen LogP contribution in [0, 0.1) is 0 Å². The van der Waals surface area contributed by atoms with E-state index in [9.17, 15) is 4.79 Å². The fourth-order valence-corrected chi connectivity index (χ4v) is 3.00. The molecule has 6 heteroatoms. The van der Waals surface area contributed by atoms with Gasteiger partial charge >= 0.3 is 0 Å². The lowest BCUT2D eigenvalue weighted by Crippen LogP contribution is -2.19. The van der Waals surface area contributed by atoms with E-state index in [2.05, 4.69) is 10.5 Å². The third-order valence-corrected chi connectivity index (χ3v) is 4.45. The van der Waals surface area contributed by atoms with Crippen molar-refractivity contribution in [1.82, 2.24) is 5.43 Å². The van der Waals surface area contributed by atoms with E-state index in [0.29, 0.717) is 22.1 Å². The van der Waals surface area contributed by atoms with E-state index in [1.807, 2.05) is 42.5 Å². The lowest BCUT2D eigenvalue weighted by molar-refractivity contribution is -0.120. The van der Waals surface area contributed by atoms with Crippen LogP contribution in [0.3, 0.4) is 0 Å². The minimum Gasteiger partial charge on any atom is -0.493 e. The summed E-state index contributed by atoms with van der Waals surface area (Å²) in [4.78, 5) is 12.3. The van der Waals surface area contributed by atoms with Crippen molar-refractivity contribution in [3.8, 4) is 11.5 Å². The summed E-state index contributed by atoms with van der Waals surface area (Å²) in [5.74, 6) is 0.851. The number of nitrogens with zero attached hydrogens (tertiary/aromatic N) is 1. The molecule has 0 radical (unpaired) electrons. The monoisotopic (exact) mass is 382 g/mol. The second kappa shape index (κ2) is 8.56. The maximum absolute atomic E-state index is 12.3. The van der Waals surface area contributed by atoms with Gasteiger partial charge in [-0.05, 0) is 22.4 Å². The number of hydrogen-bond acceptors (Lipinski definition) is 4. The molecule has 0 aromatic heterocycles. The molecule has 1 N–H and O–H groups in total. The Balaban J connectivity index is 1.70. The second-order valence-electron chi connectivity index (χ2n) is 5.84. The highest BCUT2D eigenvalue weighted by Gasteiger charge is 2.09. The molecule has 0 spiro atoms. The van der Waals surface area contributed by atoms with E-state index in [-0.39, 0.29) is 12.3 Å². The van der Waals surface area contributed by atoms with Gasteiger partial charge in [0, 0.05) is 11.6 Å². The van der Waals surface area contributed by atoms with Crippen molar-refractivity contribution in [3.63, 3.8) is 0 Å². The molecule has 5 nitrogen and oxygen atoms in total. The SMILES string of the molecule is COc1cc(Cl)c(/C=N\NC(=O)Cc2cccc3ccccc23)cc1OC. The smallest absolute Gasteiger partial charge is 0.244 e. The van der Waals surface area contributed by atoms with Gasteiger partial charge in [-0.2, -0.15) is 5.10 Å². The Hall–Kier alpha value is -3.05. The van der Waals surface area contributed by atoms with Crippen LogP contribution in [0.25, 0.3) is 10.8 Å². The molecule has 0 fully saturated rings. The van der Waals surface area contributed by atoms with Gasteiger partial charge in [0.05, 0.1) is 31.9 Å². The Bertz CT molecular complexity index is 997. The number of carbonyl (C=O) groups is 1. The topological polar surface area (TPSA) is 59.9 Å². The normalized spacial score (nSPS) is 10.9. The average molecular weight is 383 g/mol. The van der Waals surface area contributed by atoms with Gasteiger partial charge in [0.25, 0.3) is 0 Å². The number of fused-ring (bicyclic) bond motifs is 1. The van der Waals surface area contributed by atoms with Gasteiger partial charge in [-0.3, -0.25) is 4.79 Å². The molecule has 0 saturated carbocycles. The Labute approximate surface area is 162 Å². The van der Waals surface area contributed by atoms with Crippen molar-refractivity contribution < 1.29 is 14.3 Å². The molecule has 3 aromatic carbocycles. The number of methoxy groups -OCH3 is 2. The molecule has 0 aliphatic heterocycles. The van der Waals surface area contributed by atoms with Crippen molar-refractivity contribution in [1.29, 1.82) is 0 Å². The van der Waals surface area contributed by atoms with Crippen molar-refractivity contribution in [3.05, 3.63) is 70.7 Å². The van der Waals surface area contributed by atoms with E-state index in [1.54, 1.807) is 19.2 Å². The maximum Gasteiger partial charge on any atom is 0.244 e. The molecule has 0 unspecified atom stereocenters. The molecule has 0 heterocycles. The first kappa shape index (κ1) is 18.7. The highest BCUT2D eigenvalue weighted by atomic mass is 35.5. The fraction of sp³-hybridized carbons (Fsp3) is 0.143. The lowest BCUT2D eigenvalue weighted by Gasteiger charge is -2.09. The van der Waals surface area contributed by atoms with Crippen molar-refractivity contribution >= 4 is 34.5 Å². The van der Waals surface area contributed by atoms with Crippen LogP contribution >= 0.6 is 11.6 Å². The first-order valence-corrected chi connectivity index (χ1v) is 8.70. The molecule has 0 atom stereocenters. The van der Waals surface area contributed by atoms with Gasteiger partial charge in [-0.15, -0.1) is 0 Å². The summed E-state index contributed by atoms with van der Waals surface area (Å²) >= 11 is 6.21. The van der Waals surface area contributed by atoms with Crippen LogP contribution < -0.4 is 14.9 Å². The first-order chi connectivity index (χ1) is 13.1. The number of hydrazone groups is 1. The lowest BCUT2D eigenvalue weighted by atomic mass is 10.0. The molecule has 0 bridgehead atoms. The summed E-state index contributed by atoms with van der Waals surface area (Å²) in [7, 11) is 3.08. The number of benzene rings is 3.